The molecule has 0 fully saturated rings. The first-order valence-electron chi connectivity index (χ1n) is 10.1. The number of esters is 2. The number of methoxy groups -OCH3 is 2. The van der Waals surface area contributed by atoms with Crippen LogP contribution in [0, 0.1) is 13.8 Å². The van der Waals surface area contributed by atoms with E-state index in [1.807, 2.05) is 42.5 Å². The molecule has 0 aliphatic heterocycles. The molecule has 0 aliphatic carbocycles. The van der Waals surface area contributed by atoms with Gasteiger partial charge in [0, 0.05) is 9.75 Å². The summed E-state index contributed by atoms with van der Waals surface area (Å²) in [5.41, 5.74) is 1.03. The third kappa shape index (κ3) is 3.75. The molecule has 0 saturated heterocycles. The minimum absolute atomic E-state index is 0.101. The Morgan fingerprint density at radius 3 is 1.79 bits per heavy atom. The number of aromatic hydroxyl groups is 2. The second-order valence-electron chi connectivity index (χ2n) is 7.48. The second kappa shape index (κ2) is 8.88. The zero-order chi connectivity index (χ0) is 23.9. The molecule has 0 radical (unpaired) electrons. The van der Waals surface area contributed by atoms with Crippen LogP contribution in [-0.2, 0) is 9.47 Å². The van der Waals surface area contributed by atoms with Crippen LogP contribution in [0.2, 0.25) is 0 Å². The Morgan fingerprint density at radius 2 is 1.27 bits per heavy atom. The van der Waals surface area contributed by atoms with Crippen LogP contribution in [0.4, 0.5) is 0 Å². The molecule has 0 unspecified atom stereocenters. The Hall–Kier alpha value is -3.36. The van der Waals surface area contributed by atoms with Gasteiger partial charge in [-0.15, -0.1) is 22.7 Å². The lowest BCUT2D eigenvalue weighted by atomic mass is 9.89. The summed E-state index contributed by atoms with van der Waals surface area (Å²) in [5.74, 6) is -2.27. The van der Waals surface area contributed by atoms with Gasteiger partial charge in [0.25, 0.3) is 0 Å². The molecule has 170 valence electrons. The summed E-state index contributed by atoms with van der Waals surface area (Å²) >= 11 is 2.52. The van der Waals surface area contributed by atoms with Gasteiger partial charge in [-0.05, 0) is 30.2 Å². The van der Waals surface area contributed by atoms with Crippen molar-refractivity contribution in [3.63, 3.8) is 0 Å². The van der Waals surface area contributed by atoms with Crippen molar-refractivity contribution in [3.8, 4) is 11.5 Å². The summed E-state index contributed by atoms with van der Waals surface area (Å²) in [4.78, 5) is 26.9. The first kappa shape index (κ1) is 22.8. The zero-order valence-corrected chi connectivity index (χ0v) is 20.1. The largest absolute Gasteiger partial charge is 0.506 e. The van der Waals surface area contributed by atoms with Gasteiger partial charge in [0.15, 0.2) is 0 Å². The molecule has 0 atom stereocenters. The fourth-order valence-corrected chi connectivity index (χ4v) is 6.51. The smallest absolute Gasteiger partial charge is 0.342 e. The fourth-order valence-electron chi connectivity index (χ4n) is 4.09. The molecule has 4 aromatic rings. The lowest BCUT2D eigenvalue weighted by Crippen LogP contribution is -2.05. The van der Waals surface area contributed by atoms with Crippen LogP contribution in [0.3, 0.4) is 0 Å². The number of ether oxygens (including phenoxy) is 2. The first-order valence-corrected chi connectivity index (χ1v) is 11.7. The molecular weight excluding hydrogens is 460 g/mol. The maximum atomic E-state index is 12.3. The monoisotopic (exact) mass is 482 g/mol. The van der Waals surface area contributed by atoms with E-state index in [2.05, 4.69) is 0 Å². The molecule has 33 heavy (non-hydrogen) atoms. The van der Waals surface area contributed by atoms with Crippen molar-refractivity contribution < 1.29 is 29.3 Å². The van der Waals surface area contributed by atoms with Crippen LogP contribution in [-0.4, -0.2) is 36.4 Å². The van der Waals surface area contributed by atoms with Gasteiger partial charge >= 0.3 is 11.9 Å². The van der Waals surface area contributed by atoms with Gasteiger partial charge in [-0.3, -0.25) is 0 Å². The molecule has 2 aromatic carbocycles. The number of carbonyl (C=O) groups excluding carboxylic acids is 2. The fraction of sp³-hybridized carbons (Fsp3) is 0.200. The summed E-state index contributed by atoms with van der Waals surface area (Å²) in [7, 11) is 2.52. The summed E-state index contributed by atoms with van der Waals surface area (Å²) in [5, 5.41) is 24.2. The minimum atomic E-state index is -0.633. The summed E-state index contributed by atoms with van der Waals surface area (Å²) in [6.07, 6.45) is 0. The average molecular weight is 483 g/mol. The zero-order valence-electron chi connectivity index (χ0n) is 18.5. The summed E-state index contributed by atoms with van der Waals surface area (Å²) in [6, 6.07) is 13.6. The number of hydrogen-bond donors (Lipinski definition) is 2. The van der Waals surface area contributed by atoms with E-state index >= 15 is 0 Å². The highest BCUT2D eigenvalue weighted by Crippen LogP contribution is 2.51. The quantitative estimate of drug-likeness (QED) is 0.352. The Balaban J connectivity index is 2.06. The van der Waals surface area contributed by atoms with Crippen molar-refractivity contribution >= 4 is 45.4 Å². The van der Waals surface area contributed by atoms with Crippen LogP contribution < -0.4 is 0 Å². The first-order chi connectivity index (χ1) is 15.8. The lowest BCUT2D eigenvalue weighted by Gasteiger charge is -2.18. The maximum Gasteiger partial charge on any atom is 0.342 e. The van der Waals surface area contributed by atoms with Gasteiger partial charge in [0.2, 0.25) is 0 Å². The molecule has 2 heterocycles. The van der Waals surface area contributed by atoms with Crippen molar-refractivity contribution in [1.29, 1.82) is 0 Å². The molecule has 6 nitrogen and oxygen atoms in total. The average Bonchev–Trinajstić information content (AvgIpc) is 3.27. The maximum absolute atomic E-state index is 12.3. The summed E-state index contributed by atoms with van der Waals surface area (Å²) < 4.78 is 9.73. The van der Waals surface area contributed by atoms with Gasteiger partial charge in [-0.2, -0.15) is 0 Å². The SMILES string of the molecule is COC(=O)c1c(C)sc(C(c2sc(C)c(C(=O)OC)c2O)c2cccc3ccccc23)c1O. The summed E-state index contributed by atoms with van der Waals surface area (Å²) in [6.45, 7) is 3.47. The third-order valence-electron chi connectivity index (χ3n) is 5.61. The van der Waals surface area contributed by atoms with Crippen LogP contribution >= 0.6 is 22.7 Å². The van der Waals surface area contributed by atoms with Gasteiger partial charge in [0.05, 0.1) is 29.9 Å². The van der Waals surface area contributed by atoms with Crippen LogP contribution in [0.5, 0.6) is 11.5 Å². The van der Waals surface area contributed by atoms with Gasteiger partial charge in [0.1, 0.15) is 22.6 Å². The van der Waals surface area contributed by atoms with E-state index in [9.17, 15) is 19.8 Å². The van der Waals surface area contributed by atoms with E-state index in [1.165, 1.54) is 36.9 Å². The van der Waals surface area contributed by atoms with Gasteiger partial charge in [-0.25, -0.2) is 9.59 Å². The topological polar surface area (TPSA) is 93.1 Å². The predicted molar refractivity (Wildman–Crippen MR) is 129 cm³/mol. The molecule has 0 bridgehead atoms. The number of carbonyl (C=O) groups is 2. The van der Waals surface area contributed by atoms with E-state index in [-0.39, 0.29) is 22.6 Å². The van der Waals surface area contributed by atoms with E-state index in [0.29, 0.717) is 19.5 Å². The molecule has 0 amide bonds. The highest BCUT2D eigenvalue weighted by Gasteiger charge is 2.34. The minimum Gasteiger partial charge on any atom is -0.506 e. The van der Waals surface area contributed by atoms with Crippen LogP contribution in [0.25, 0.3) is 10.8 Å². The van der Waals surface area contributed by atoms with E-state index in [4.69, 9.17) is 9.47 Å². The number of aryl methyl sites for hydroxylation is 2. The normalized spacial score (nSPS) is 11.2. The highest BCUT2D eigenvalue weighted by molar-refractivity contribution is 7.14. The predicted octanol–water partition coefficient (Wildman–Crippen LogP) is 5.74. The Labute approximate surface area is 198 Å². The molecule has 8 heteroatoms. The van der Waals surface area contributed by atoms with Gasteiger partial charge in [-0.1, -0.05) is 42.5 Å². The van der Waals surface area contributed by atoms with Crippen molar-refractivity contribution in [3.05, 3.63) is 78.7 Å². The molecule has 0 aliphatic rings. The van der Waals surface area contributed by atoms with Crippen LogP contribution in [0.1, 0.15) is 51.7 Å². The van der Waals surface area contributed by atoms with Crippen molar-refractivity contribution in [1.82, 2.24) is 0 Å². The third-order valence-corrected chi connectivity index (χ3v) is 7.93. The second-order valence-corrected chi connectivity index (χ2v) is 9.99. The Kier molecular flexibility index (Phi) is 6.14. The van der Waals surface area contributed by atoms with Crippen LogP contribution in [0.15, 0.2) is 42.5 Å². The number of thiophene rings is 2. The number of rotatable bonds is 5. The lowest BCUT2D eigenvalue weighted by molar-refractivity contribution is 0.0588. The standard InChI is InChI=1S/C25H22O6S2/c1-12-17(24(28)30-3)20(26)22(32-12)19(16-11-7-9-14-8-5-6-10-15(14)16)23-21(27)18(13(2)33-23)25(29)31-4/h5-11,19,26-27H,1-4H3. The van der Waals surface area contributed by atoms with E-state index < -0.39 is 17.9 Å². The molecule has 2 N–H and O–H groups in total. The Bertz CT molecular complexity index is 1310. The molecule has 2 aromatic heterocycles. The number of fused-ring (bicyclic) bond motifs is 1. The van der Waals surface area contributed by atoms with Crippen molar-refractivity contribution in [2.75, 3.05) is 14.2 Å². The highest BCUT2D eigenvalue weighted by atomic mass is 32.1. The Morgan fingerprint density at radius 1 is 0.788 bits per heavy atom. The van der Waals surface area contributed by atoms with Crippen molar-refractivity contribution in [2.45, 2.75) is 19.8 Å². The van der Waals surface area contributed by atoms with Crippen molar-refractivity contribution in [2.24, 2.45) is 0 Å². The van der Waals surface area contributed by atoms with E-state index in [0.717, 1.165) is 16.3 Å². The van der Waals surface area contributed by atoms with E-state index in [1.54, 1.807) is 13.8 Å². The van der Waals surface area contributed by atoms with Gasteiger partial charge < -0.3 is 19.7 Å². The number of hydrogen-bond acceptors (Lipinski definition) is 8. The molecule has 0 saturated carbocycles. The molecular formula is C25H22O6S2. The molecule has 4 rings (SSSR count). The molecule has 0 spiro atoms. The number of benzene rings is 2.